The fourth-order valence-electron chi connectivity index (χ4n) is 1.93. The molecular formula is C15H19N3O. The van der Waals surface area contributed by atoms with E-state index in [1.54, 1.807) is 4.68 Å². The summed E-state index contributed by atoms with van der Waals surface area (Å²) in [5.74, 6) is -0.0283. The Kier molecular flexibility index (Phi) is 4.00. The zero-order valence-electron chi connectivity index (χ0n) is 11.5. The number of carbonyl (C=O) groups is 1. The zero-order chi connectivity index (χ0) is 13.8. The van der Waals surface area contributed by atoms with Gasteiger partial charge in [-0.1, -0.05) is 30.3 Å². The van der Waals surface area contributed by atoms with Crippen molar-refractivity contribution in [2.24, 2.45) is 0 Å². The molecule has 1 N–H and O–H groups in total. The van der Waals surface area contributed by atoms with E-state index in [9.17, 15) is 4.79 Å². The molecule has 0 aliphatic rings. The Morgan fingerprint density at radius 3 is 2.47 bits per heavy atom. The maximum Gasteiger partial charge on any atom is 0.245 e. The van der Waals surface area contributed by atoms with Crippen LogP contribution >= 0.6 is 0 Å². The van der Waals surface area contributed by atoms with Crippen LogP contribution in [0.4, 0.5) is 0 Å². The van der Waals surface area contributed by atoms with E-state index in [1.807, 2.05) is 63.4 Å². The van der Waals surface area contributed by atoms with Crippen molar-refractivity contribution in [2.45, 2.75) is 32.9 Å². The van der Waals surface area contributed by atoms with Crippen molar-refractivity contribution in [3.8, 4) is 0 Å². The molecule has 4 nitrogen and oxygen atoms in total. The third kappa shape index (κ3) is 3.22. The van der Waals surface area contributed by atoms with E-state index < -0.39 is 0 Å². The largest absolute Gasteiger partial charge is 0.348 e. The van der Waals surface area contributed by atoms with Gasteiger partial charge in [0.1, 0.15) is 6.04 Å². The highest BCUT2D eigenvalue weighted by atomic mass is 16.2. The Balaban J connectivity index is 2.01. The van der Waals surface area contributed by atoms with Crippen molar-refractivity contribution in [2.75, 3.05) is 0 Å². The van der Waals surface area contributed by atoms with E-state index in [2.05, 4.69) is 10.4 Å². The van der Waals surface area contributed by atoms with Crippen molar-refractivity contribution in [1.29, 1.82) is 0 Å². The van der Waals surface area contributed by atoms with Gasteiger partial charge in [0.05, 0.1) is 11.7 Å². The molecule has 0 saturated carbocycles. The summed E-state index contributed by atoms with van der Waals surface area (Å²) >= 11 is 0. The maximum absolute atomic E-state index is 12.2. The van der Waals surface area contributed by atoms with Gasteiger partial charge in [0.15, 0.2) is 0 Å². The van der Waals surface area contributed by atoms with Gasteiger partial charge in [-0.05, 0) is 32.4 Å². The molecule has 1 amide bonds. The lowest BCUT2D eigenvalue weighted by Crippen LogP contribution is -2.33. The molecular weight excluding hydrogens is 238 g/mol. The first kappa shape index (κ1) is 13.3. The minimum Gasteiger partial charge on any atom is -0.348 e. The molecule has 1 heterocycles. The predicted octanol–water partition coefficient (Wildman–Crippen LogP) is 2.63. The molecule has 0 spiro atoms. The number of aromatic nitrogens is 2. The summed E-state index contributed by atoms with van der Waals surface area (Å²) in [7, 11) is 0. The fraction of sp³-hybridized carbons (Fsp3) is 0.333. The second-order valence-electron chi connectivity index (χ2n) is 4.75. The highest BCUT2D eigenvalue weighted by Gasteiger charge is 2.17. The summed E-state index contributed by atoms with van der Waals surface area (Å²) in [4.78, 5) is 12.2. The molecule has 1 aromatic heterocycles. The third-order valence-corrected chi connectivity index (χ3v) is 3.18. The Hall–Kier alpha value is -2.10. The standard InChI is InChI=1S/C15H19N3O/c1-11-9-10-18(17-11)13(3)15(19)16-12(2)14-7-5-4-6-8-14/h4-10,12-13H,1-3H3,(H,16,19). The number of benzene rings is 1. The summed E-state index contributed by atoms with van der Waals surface area (Å²) in [6.45, 7) is 5.74. The Morgan fingerprint density at radius 1 is 1.21 bits per heavy atom. The van der Waals surface area contributed by atoms with Crippen LogP contribution in [0.25, 0.3) is 0 Å². The zero-order valence-corrected chi connectivity index (χ0v) is 11.5. The highest BCUT2D eigenvalue weighted by Crippen LogP contribution is 2.13. The molecule has 2 unspecified atom stereocenters. The van der Waals surface area contributed by atoms with Crippen molar-refractivity contribution in [1.82, 2.24) is 15.1 Å². The fourth-order valence-corrected chi connectivity index (χ4v) is 1.93. The van der Waals surface area contributed by atoms with E-state index in [0.29, 0.717) is 0 Å². The predicted molar refractivity (Wildman–Crippen MR) is 74.7 cm³/mol. The van der Waals surface area contributed by atoms with Gasteiger partial charge < -0.3 is 5.32 Å². The molecule has 100 valence electrons. The summed E-state index contributed by atoms with van der Waals surface area (Å²) in [5.41, 5.74) is 2.01. The number of aryl methyl sites for hydroxylation is 1. The van der Waals surface area contributed by atoms with E-state index in [4.69, 9.17) is 0 Å². The van der Waals surface area contributed by atoms with Crippen LogP contribution in [0.2, 0.25) is 0 Å². The number of amides is 1. The van der Waals surface area contributed by atoms with E-state index >= 15 is 0 Å². The second kappa shape index (κ2) is 5.69. The van der Waals surface area contributed by atoms with Crippen LogP contribution in [-0.2, 0) is 4.79 Å². The van der Waals surface area contributed by atoms with Crippen molar-refractivity contribution < 1.29 is 4.79 Å². The van der Waals surface area contributed by atoms with E-state index in [0.717, 1.165) is 11.3 Å². The van der Waals surface area contributed by atoms with Crippen LogP contribution in [0.15, 0.2) is 42.6 Å². The number of carbonyl (C=O) groups excluding carboxylic acids is 1. The lowest BCUT2D eigenvalue weighted by molar-refractivity contribution is -0.124. The van der Waals surface area contributed by atoms with E-state index in [-0.39, 0.29) is 18.0 Å². The molecule has 0 aliphatic carbocycles. The third-order valence-electron chi connectivity index (χ3n) is 3.18. The molecule has 0 bridgehead atoms. The van der Waals surface area contributed by atoms with Gasteiger partial charge >= 0.3 is 0 Å². The van der Waals surface area contributed by atoms with Crippen LogP contribution in [0, 0.1) is 6.92 Å². The van der Waals surface area contributed by atoms with Gasteiger partial charge in [-0.2, -0.15) is 5.10 Å². The molecule has 0 saturated heterocycles. The quantitative estimate of drug-likeness (QED) is 0.915. The number of nitrogens with one attached hydrogen (secondary N) is 1. The van der Waals surface area contributed by atoms with Gasteiger partial charge in [-0.3, -0.25) is 9.48 Å². The highest BCUT2D eigenvalue weighted by molar-refractivity contribution is 5.80. The molecule has 2 aromatic rings. The first-order chi connectivity index (χ1) is 9.08. The summed E-state index contributed by atoms with van der Waals surface area (Å²) < 4.78 is 1.68. The number of hydrogen-bond acceptors (Lipinski definition) is 2. The molecule has 0 fully saturated rings. The average molecular weight is 257 g/mol. The average Bonchev–Trinajstić information content (AvgIpc) is 2.85. The Labute approximate surface area is 113 Å². The molecule has 2 rings (SSSR count). The van der Waals surface area contributed by atoms with Crippen LogP contribution in [0.5, 0.6) is 0 Å². The van der Waals surface area contributed by atoms with Crippen molar-refractivity contribution in [3.05, 3.63) is 53.9 Å². The van der Waals surface area contributed by atoms with Crippen LogP contribution in [0.3, 0.4) is 0 Å². The van der Waals surface area contributed by atoms with Crippen molar-refractivity contribution >= 4 is 5.91 Å². The first-order valence-corrected chi connectivity index (χ1v) is 6.45. The monoisotopic (exact) mass is 257 g/mol. The SMILES string of the molecule is Cc1ccn(C(C)C(=O)NC(C)c2ccccc2)n1. The summed E-state index contributed by atoms with van der Waals surface area (Å²) in [5, 5.41) is 7.27. The Bertz CT molecular complexity index is 548. The smallest absolute Gasteiger partial charge is 0.245 e. The molecule has 4 heteroatoms. The van der Waals surface area contributed by atoms with Crippen LogP contribution in [0.1, 0.15) is 37.2 Å². The minimum atomic E-state index is -0.306. The summed E-state index contributed by atoms with van der Waals surface area (Å²) in [6, 6.07) is 11.5. The molecule has 0 radical (unpaired) electrons. The van der Waals surface area contributed by atoms with Crippen LogP contribution in [-0.4, -0.2) is 15.7 Å². The second-order valence-corrected chi connectivity index (χ2v) is 4.75. The lowest BCUT2D eigenvalue weighted by Gasteiger charge is -2.18. The normalized spacial score (nSPS) is 13.8. The first-order valence-electron chi connectivity index (χ1n) is 6.45. The number of hydrogen-bond donors (Lipinski definition) is 1. The molecule has 19 heavy (non-hydrogen) atoms. The van der Waals surface area contributed by atoms with Crippen LogP contribution < -0.4 is 5.32 Å². The van der Waals surface area contributed by atoms with Gasteiger partial charge in [0.2, 0.25) is 5.91 Å². The summed E-state index contributed by atoms with van der Waals surface area (Å²) in [6.07, 6.45) is 1.83. The van der Waals surface area contributed by atoms with Gasteiger partial charge in [-0.25, -0.2) is 0 Å². The van der Waals surface area contributed by atoms with Gasteiger partial charge in [0.25, 0.3) is 0 Å². The minimum absolute atomic E-state index is 0.00666. The van der Waals surface area contributed by atoms with Crippen molar-refractivity contribution in [3.63, 3.8) is 0 Å². The lowest BCUT2D eigenvalue weighted by atomic mass is 10.1. The maximum atomic E-state index is 12.2. The van der Waals surface area contributed by atoms with Gasteiger partial charge in [-0.15, -0.1) is 0 Å². The van der Waals surface area contributed by atoms with Gasteiger partial charge in [0, 0.05) is 6.20 Å². The van der Waals surface area contributed by atoms with E-state index in [1.165, 1.54) is 0 Å². The molecule has 1 aromatic carbocycles. The number of rotatable bonds is 4. The Morgan fingerprint density at radius 2 is 1.89 bits per heavy atom. The number of nitrogens with zero attached hydrogens (tertiary/aromatic N) is 2. The molecule has 0 aliphatic heterocycles. The topological polar surface area (TPSA) is 46.9 Å². The molecule has 2 atom stereocenters.